The molecule has 0 amide bonds. The van der Waals surface area contributed by atoms with Crippen molar-refractivity contribution in [1.29, 1.82) is 0 Å². The number of aliphatic hydroxyl groups excluding tert-OH is 1. The molecule has 0 fully saturated rings. The van der Waals surface area contributed by atoms with Crippen molar-refractivity contribution in [2.45, 2.75) is 19.5 Å². The van der Waals surface area contributed by atoms with E-state index in [-0.39, 0.29) is 29.5 Å². The molecule has 0 saturated carbocycles. The van der Waals surface area contributed by atoms with Gasteiger partial charge in [-0.15, -0.1) is 13.2 Å². The topological polar surface area (TPSA) is 117 Å². The lowest BCUT2D eigenvalue weighted by Crippen LogP contribution is -2.22. The van der Waals surface area contributed by atoms with E-state index in [0.717, 1.165) is 12.1 Å². The molecule has 37 heavy (non-hydrogen) atoms. The summed E-state index contributed by atoms with van der Waals surface area (Å²) < 4.78 is 54.0. The number of ether oxygens (including phenoxy) is 2. The van der Waals surface area contributed by atoms with Crippen LogP contribution in [0.5, 0.6) is 11.5 Å². The quantitative estimate of drug-likeness (QED) is 0.351. The van der Waals surface area contributed by atoms with E-state index in [1.165, 1.54) is 27.4 Å². The Bertz CT molecular complexity index is 1610. The molecule has 0 saturated heterocycles. The molecule has 3 aromatic heterocycles. The SMILES string of the molecule is COc1ccc(-c2nn3ccn(Cc4nc(-c5ccc(OC(F)(F)F)cc5)no4)c(=O)c3c2CO)cc1. The monoisotopic (exact) mass is 513 g/mol. The average molecular weight is 513 g/mol. The zero-order chi connectivity index (χ0) is 26.2. The van der Waals surface area contributed by atoms with Gasteiger partial charge in [0.25, 0.3) is 5.56 Å². The van der Waals surface area contributed by atoms with Gasteiger partial charge in [-0.3, -0.25) is 4.79 Å². The Morgan fingerprint density at radius 2 is 1.68 bits per heavy atom. The first-order valence-electron chi connectivity index (χ1n) is 10.8. The normalized spacial score (nSPS) is 11.7. The largest absolute Gasteiger partial charge is 0.573 e. The van der Waals surface area contributed by atoms with Crippen molar-refractivity contribution in [2.24, 2.45) is 0 Å². The smallest absolute Gasteiger partial charge is 0.497 e. The fourth-order valence-corrected chi connectivity index (χ4v) is 3.79. The molecule has 0 aliphatic carbocycles. The van der Waals surface area contributed by atoms with E-state index in [1.807, 2.05) is 0 Å². The summed E-state index contributed by atoms with van der Waals surface area (Å²) in [6.45, 7) is -0.492. The third-order valence-electron chi connectivity index (χ3n) is 5.50. The number of hydrogen-bond acceptors (Lipinski definition) is 8. The lowest BCUT2D eigenvalue weighted by Gasteiger charge is -2.08. The van der Waals surface area contributed by atoms with Crippen molar-refractivity contribution in [3.63, 3.8) is 0 Å². The van der Waals surface area contributed by atoms with Gasteiger partial charge in [-0.1, -0.05) is 5.16 Å². The molecule has 0 unspecified atom stereocenters. The van der Waals surface area contributed by atoms with Crippen LogP contribution in [0.25, 0.3) is 28.2 Å². The van der Waals surface area contributed by atoms with Crippen LogP contribution < -0.4 is 15.0 Å². The number of nitrogens with zero attached hydrogens (tertiary/aromatic N) is 5. The number of fused-ring (bicyclic) bond motifs is 1. The average Bonchev–Trinajstić information content (AvgIpc) is 3.50. The molecular formula is C24H18F3N5O5. The summed E-state index contributed by atoms with van der Waals surface area (Å²) in [5, 5.41) is 18.3. The molecule has 0 bridgehead atoms. The maximum absolute atomic E-state index is 13.3. The van der Waals surface area contributed by atoms with E-state index in [2.05, 4.69) is 20.0 Å². The molecule has 5 aromatic rings. The summed E-state index contributed by atoms with van der Waals surface area (Å²) in [6, 6.07) is 12.0. The molecule has 0 radical (unpaired) electrons. The van der Waals surface area contributed by atoms with Crippen LogP contribution in [0.4, 0.5) is 13.2 Å². The van der Waals surface area contributed by atoms with Crippen molar-refractivity contribution in [3.8, 4) is 34.1 Å². The summed E-state index contributed by atoms with van der Waals surface area (Å²) in [7, 11) is 1.55. The standard InChI is InChI=1S/C24H18F3N5O5/c1-35-16-6-2-14(3-7-16)20-18(13-33)21-23(34)31(10-11-32(21)29-20)12-19-28-22(30-37-19)15-4-8-17(9-5-15)36-24(25,26)27/h2-11,33H,12-13H2,1H3. The lowest BCUT2D eigenvalue weighted by atomic mass is 10.1. The van der Waals surface area contributed by atoms with Gasteiger partial charge in [0, 0.05) is 29.1 Å². The third-order valence-corrected chi connectivity index (χ3v) is 5.50. The first-order chi connectivity index (χ1) is 17.8. The number of alkyl halides is 3. The predicted molar refractivity (Wildman–Crippen MR) is 123 cm³/mol. The molecule has 0 aliphatic rings. The van der Waals surface area contributed by atoms with Crippen molar-refractivity contribution in [3.05, 3.63) is 82.7 Å². The summed E-state index contributed by atoms with van der Waals surface area (Å²) in [6.07, 6.45) is -1.73. The number of benzene rings is 2. The first kappa shape index (κ1) is 24.1. The number of halogens is 3. The summed E-state index contributed by atoms with van der Waals surface area (Å²) in [4.78, 5) is 17.5. The van der Waals surface area contributed by atoms with Gasteiger partial charge >= 0.3 is 6.36 Å². The second-order valence-electron chi connectivity index (χ2n) is 7.82. The van der Waals surface area contributed by atoms with E-state index < -0.39 is 18.5 Å². The highest BCUT2D eigenvalue weighted by molar-refractivity contribution is 5.72. The molecule has 1 N–H and O–H groups in total. The van der Waals surface area contributed by atoms with Crippen molar-refractivity contribution in [2.75, 3.05) is 7.11 Å². The molecule has 5 rings (SSSR count). The molecule has 10 nitrogen and oxygen atoms in total. The van der Waals surface area contributed by atoms with Crippen molar-refractivity contribution >= 4 is 5.52 Å². The van der Waals surface area contributed by atoms with Gasteiger partial charge < -0.3 is 23.7 Å². The summed E-state index contributed by atoms with van der Waals surface area (Å²) in [5.41, 5.74) is 1.67. The molecule has 0 atom stereocenters. The van der Waals surface area contributed by atoms with Crippen LogP contribution in [0.2, 0.25) is 0 Å². The van der Waals surface area contributed by atoms with Gasteiger partial charge in [-0.25, -0.2) is 4.52 Å². The highest BCUT2D eigenvalue weighted by Gasteiger charge is 2.31. The maximum atomic E-state index is 13.3. The molecule has 0 aliphatic heterocycles. The van der Waals surface area contributed by atoms with Crippen LogP contribution in [0.1, 0.15) is 11.5 Å². The fraction of sp³-hybridized carbons (Fsp3) is 0.167. The maximum Gasteiger partial charge on any atom is 0.573 e. The summed E-state index contributed by atoms with van der Waals surface area (Å²) >= 11 is 0. The van der Waals surface area contributed by atoms with Gasteiger partial charge in [-0.2, -0.15) is 10.1 Å². The third kappa shape index (κ3) is 4.89. The van der Waals surface area contributed by atoms with Crippen LogP contribution in [0.15, 0.2) is 70.2 Å². The van der Waals surface area contributed by atoms with Crippen molar-refractivity contribution in [1.82, 2.24) is 24.3 Å². The lowest BCUT2D eigenvalue weighted by molar-refractivity contribution is -0.274. The first-order valence-corrected chi connectivity index (χ1v) is 10.8. The minimum absolute atomic E-state index is 0.0779. The van der Waals surface area contributed by atoms with Gasteiger partial charge in [0.15, 0.2) is 0 Å². The Hall–Kier alpha value is -4.65. The number of aliphatic hydroxyl groups is 1. The Balaban J connectivity index is 1.42. The summed E-state index contributed by atoms with van der Waals surface area (Å²) in [5.74, 6) is 0.502. The van der Waals surface area contributed by atoms with Gasteiger partial charge in [0.1, 0.15) is 23.6 Å². The van der Waals surface area contributed by atoms with Crippen LogP contribution in [0.3, 0.4) is 0 Å². The molecule has 0 spiro atoms. The van der Waals surface area contributed by atoms with Crippen LogP contribution >= 0.6 is 0 Å². The second-order valence-corrected chi connectivity index (χ2v) is 7.82. The van der Waals surface area contributed by atoms with Crippen molar-refractivity contribution < 1.29 is 32.3 Å². The van der Waals surface area contributed by atoms with E-state index in [0.29, 0.717) is 28.1 Å². The van der Waals surface area contributed by atoms with E-state index >= 15 is 0 Å². The molecule has 3 heterocycles. The zero-order valence-corrected chi connectivity index (χ0v) is 19.1. The zero-order valence-electron chi connectivity index (χ0n) is 19.1. The van der Waals surface area contributed by atoms with Gasteiger partial charge in [0.05, 0.1) is 19.4 Å². The van der Waals surface area contributed by atoms with Crippen LogP contribution in [-0.2, 0) is 13.2 Å². The Labute approximate surface area is 206 Å². The second kappa shape index (κ2) is 9.43. The van der Waals surface area contributed by atoms with E-state index in [9.17, 15) is 23.1 Å². The molecule has 13 heteroatoms. The van der Waals surface area contributed by atoms with Crippen LogP contribution in [0, 0.1) is 0 Å². The Morgan fingerprint density at radius 1 is 1.00 bits per heavy atom. The number of rotatable bonds is 7. The minimum atomic E-state index is -4.80. The minimum Gasteiger partial charge on any atom is -0.497 e. The Morgan fingerprint density at radius 3 is 2.32 bits per heavy atom. The number of aromatic nitrogens is 5. The van der Waals surface area contributed by atoms with E-state index in [4.69, 9.17) is 9.26 Å². The number of methoxy groups -OCH3 is 1. The predicted octanol–water partition coefficient (Wildman–Crippen LogP) is 3.66. The fourth-order valence-electron chi connectivity index (χ4n) is 3.79. The highest BCUT2D eigenvalue weighted by Crippen LogP contribution is 2.27. The Kier molecular flexibility index (Phi) is 6.13. The highest BCUT2D eigenvalue weighted by atomic mass is 19.4. The number of hydrogen-bond donors (Lipinski definition) is 1. The van der Waals surface area contributed by atoms with E-state index in [1.54, 1.807) is 37.6 Å². The van der Waals surface area contributed by atoms with Gasteiger partial charge in [-0.05, 0) is 48.5 Å². The van der Waals surface area contributed by atoms with Crippen LogP contribution in [-0.4, -0.2) is 42.9 Å². The molecular weight excluding hydrogens is 495 g/mol. The van der Waals surface area contributed by atoms with Gasteiger partial charge in [0.2, 0.25) is 11.7 Å². The molecule has 2 aromatic carbocycles. The molecule has 190 valence electrons.